The molecule has 7 heteroatoms. The van der Waals surface area contributed by atoms with Crippen molar-refractivity contribution in [2.75, 3.05) is 7.11 Å². The summed E-state index contributed by atoms with van der Waals surface area (Å²) in [5, 5.41) is 14.5. The van der Waals surface area contributed by atoms with E-state index >= 15 is 0 Å². The molecule has 0 unspecified atom stereocenters. The average Bonchev–Trinajstić information content (AvgIpc) is 3.09. The second-order valence-electron chi connectivity index (χ2n) is 5.68. The van der Waals surface area contributed by atoms with Crippen LogP contribution in [0.25, 0.3) is 27.7 Å². The molecule has 0 saturated heterocycles. The number of fused-ring (bicyclic) bond motifs is 1. The van der Waals surface area contributed by atoms with Crippen molar-refractivity contribution in [2.24, 2.45) is 0 Å². The highest BCUT2D eigenvalue weighted by atomic mass is 19.2. The first kappa shape index (κ1) is 16.0. The molecule has 2 heterocycles. The summed E-state index contributed by atoms with van der Waals surface area (Å²) in [5.41, 5.74) is 2.77. The number of benzene rings is 2. The number of pyridine rings is 1. The fourth-order valence-corrected chi connectivity index (χ4v) is 2.77. The number of phenols is 1. The van der Waals surface area contributed by atoms with Crippen molar-refractivity contribution < 1.29 is 18.6 Å². The van der Waals surface area contributed by atoms with E-state index in [1.807, 2.05) is 24.3 Å². The van der Waals surface area contributed by atoms with Gasteiger partial charge in [0.05, 0.1) is 24.5 Å². The van der Waals surface area contributed by atoms with E-state index in [-0.39, 0.29) is 5.69 Å². The fraction of sp³-hybridized carbons (Fsp3) is 0.0526. The molecule has 0 spiro atoms. The Morgan fingerprint density at radius 1 is 1.00 bits per heavy atom. The average molecular weight is 353 g/mol. The van der Waals surface area contributed by atoms with Crippen molar-refractivity contribution in [3.63, 3.8) is 0 Å². The van der Waals surface area contributed by atoms with E-state index in [0.29, 0.717) is 11.4 Å². The molecule has 0 aliphatic carbocycles. The molecule has 5 nitrogen and oxygen atoms in total. The first-order valence-electron chi connectivity index (χ1n) is 7.73. The van der Waals surface area contributed by atoms with Gasteiger partial charge in [0.1, 0.15) is 0 Å². The van der Waals surface area contributed by atoms with Gasteiger partial charge in [-0.2, -0.15) is 9.49 Å². The van der Waals surface area contributed by atoms with Crippen LogP contribution in [0.4, 0.5) is 8.78 Å². The Labute approximate surface area is 147 Å². The summed E-state index contributed by atoms with van der Waals surface area (Å²) in [7, 11) is 1.55. The van der Waals surface area contributed by atoms with Crippen molar-refractivity contribution in [2.45, 2.75) is 0 Å². The Bertz CT molecular complexity index is 1080. The van der Waals surface area contributed by atoms with Gasteiger partial charge in [-0.3, -0.25) is 0 Å². The van der Waals surface area contributed by atoms with E-state index in [1.54, 1.807) is 25.6 Å². The van der Waals surface area contributed by atoms with E-state index in [2.05, 4.69) is 10.1 Å². The highest BCUT2D eigenvalue weighted by Gasteiger charge is 2.13. The summed E-state index contributed by atoms with van der Waals surface area (Å²) >= 11 is 0. The number of phenolic OH excluding ortho intramolecular Hbond substituents is 1. The number of methoxy groups -OCH3 is 1. The Kier molecular flexibility index (Phi) is 3.76. The van der Waals surface area contributed by atoms with Crippen molar-refractivity contribution in [1.29, 1.82) is 0 Å². The number of aromatic hydroxyl groups is 1. The van der Waals surface area contributed by atoms with Crippen LogP contribution in [0.1, 0.15) is 0 Å². The minimum absolute atomic E-state index is 0.232. The van der Waals surface area contributed by atoms with Crippen molar-refractivity contribution in [1.82, 2.24) is 14.8 Å². The van der Waals surface area contributed by atoms with E-state index in [9.17, 15) is 13.9 Å². The van der Waals surface area contributed by atoms with E-state index in [0.717, 1.165) is 28.6 Å². The number of ether oxygens (including phenoxy) is 1. The number of halogens is 2. The number of hydrogen-bond donors (Lipinski definition) is 1. The molecule has 4 aromatic rings. The Hall–Kier alpha value is -3.48. The number of nitrogens with zero attached hydrogens (tertiary/aromatic N) is 3. The summed E-state index contributed by atoms with van der Waals surface area (Å²) in [5.74, 6) is -2.64. The van der Waals surface area contributed by atoms with Crippen LogP contribution < -0.4 is 4.74 Å². The van der Waals surface area contributed by atoms with Crippen LogP contribution in [-0.2, 0) is 0 Å². The third-order valence-corrected chi connectivity index (χ3v) is 4.09. The molecule has 0 amide bonds. The lowest BCUT2D eigenvalue weighted by Crippen LogP contribution is -1.98. The molecule has 2 aromatic heterocycles. The third kappa shape index (κ3) is 2.63. The Morgan fingerprint density at radius 3 is 2.50 bits per heavy atom. The minimum atomic E-state index is -1.28. The van der Waals surface area contributed by atoms with Gasteiger partial charge in [0.15, 0.2) is 17.4 Å². The standard InChI is InChI=1S/C19H13F2N3O2/c1-26-18-5-3-12(9-22-18)11-2-4-16-13(6-11)10-23-24(16)14-7-15(20)19(21)17(25)8-14/h2-10,25H,1H3. The van der Waals surface area contributed by atoms with Crippen LogP contribution in [0, 0.1) is 11.6 Å². The molecule has 0 bridgehead atoms. The summed E-state index contributed by atoms with van der Waals surface area (Å²) in [4.78, 5) is 4.19. The molecule has 1 N–H and O–H groups in total. The van der Waals surface area contributed by atoms with E-state index in [1.165, 1.54) is 4.68 Å². The summed E-state index contributed by atoms with van der Waals surface area (Å²) in [6.07, 6.45) is 3.33. The molecule has 0 aliphatic heterocycles. The highest BCUT2D eigenvalue weighted by molar-refractivity contribution is 5.85. The van der Waals surface area contributed by atoms with Gasteiger partial charge in [-0.25, -0.2) is 14.1 Å². The lowest BCUT2D eigenvalue weighted by molar-refractivity contribution is 0.398. The molecule has 0 aliphatic rings. The van der Waals surface area contributed by atoms with Gasteiger partial charge in [0, 0.05) is 35.3 Å². The van der Waals surface area contributed by atoms with Crippen molar-refractivity contribution in [3.8, 4) is 28.4 Å². The monoisotopic (exact) mass is 353 g/mol. The molecule has 0 atom stereocenters. The van der Waals surface area contributed by atoms with Gasteiger partial charge >= 0.3 is 0 Å². The molecular weight excluding hydrogens is 340 g/mol. The topological polar surface area (TPSA) is 60.2 Å². The SMILES string of the molecule is COc1ccc(-c2ccc3c(cnn3-c3cc(O)c(F)c(F)c3)c2)cn1. The van der Waals surface area contributed by atoms with Crippen LogP contribution >= 0.6 is 0 Å². The summed E-state index contributed by atoms with van der Waals surface area (Å²) in [6, 6.07) is 11.4. The highest BCUT2D eigenvalue weighted by Crippen LogP contribution is 2.28. The molecular formula is C19H13F2N3O2. The largest absolute Gasteiger partial charge is 0.505 e. The molecule has 130 valence electrons. The predicted molar refractivity (Wildman–Crippen MR) is 92.4 cm³/mol. The van der Waals surface area contributed by atoms with Crippen molar-refractivity contribution >= 4 is 10.9 Å². The van der Waals surface area contributed by atoms with Gasteiger partial charge in [-0.15, -0.1) is 0 Å². The number of rotatable bonds is 3. The van der Waals surface area contributed by atoms with Crippen LogP contribution in [0.15, 0.2) is 54.9 Å². The maximum atomic E-state index is 13.6. The zero-order chi connectivity index (χ0) is 18.3. The molecule has 0 radical (unpaired) electrons. The maximum Gasteiger partial charge on any atom is 0.212 e. The number of hydrogen-bond acceptors (Lipinski definition) is 4. The zero-order valence-electron chi connectivity index (χ0n) is 13.6. The van der Waals surface area contributed by atoms with Gasteiger partial charge in [-0.05, 0) is 23.8 Å². The third-order valence-electron chi connectivity index (χ3n) is 4.09. The van der Waals surface area contributed by atoms with Gasteiger partial charge in [0.25, 0.3) is 0 Å². The van der Waals surface area contributed by atoms with Gasteiger partial charge < -0.3 is 9.84 Å². The molecule has 26 heavy (non-hydrogen) atoms. The van der Waals surface area contributed by atoms with E-state index in [4.69, 9.17) is 4.74 Å². The molecule has 0 saturated carbocycles. The number of aromatic nitrogens is 3. The zero-order valence-corrected chi connectivity index (χ0v) is 13.6. The molecule has 4 rings (SSSR count). The van der Waals surface area contributed by atoms with Crippen LogP contribution in [-0.4, -0.2) is 27.0 Å². The second kappa shape index (κ2) is 6.11. The maximum absolute atomic E-state index is 13.6. The van der Waals surface area contributed by atoms with E-state index < -0.39 is 17.4 Å². The fourth-order valence-electron chi connectivity index (χ4n) is 2.77. The van der Waals surface area contributed by atoms with Crippen molar-refractivity contribution in [3.05, 3.63) is 66.5 Å². The lowest BCUT2D eigenvalue weighted by Gasteiger charge is -2.07. The predicted octanol–water partition coefficient (Wildman–Crippen LogP) is 4.08. The Morgan fingerprint density at radius 2 is 1.81 bits per heavy atom. The quantitative estimate of drug-likeness (QED) is 0.603. The second-order valence-corrected chi connectivity index (χ2v) is 5.68. The summed E-state index contributed by atoms with van der Waals surface area (Å²) < 4.78 is 33.4. The van der Waals surface area contributed by atoms with Crippen LogP contribution in [0.3, 0.4) is 0 Å². The van der Waals surface area contributed by atoms with Crippen LogP contribution in [0.5, 0.6) is 11.6 Å². The molecule has 0 fully saturated rings. The first-order valence-corrected chi connectivity index (χ1v) is 7.73. The smallest absolute Gasteiger partial charge is 0.212 e. The lowest BCUT2D eigenvalue weighted by atomic mass is 10.1. The molecule has 2 aromatic carbocycles. The van der Waals surface area contributed by atoms with Gasteiger partial charge in [-0.1, -0.05) is 6.07 Å². The van der Waals surface area contributed by atoms with Crippen LogP contribution in [0.2, 0.25) is 0 Å². The summed E-state index contributed by atoms with van der Waals surface area (Å²) in [6.45, 7) is 0. The first-order chi connectivity index (χ1) is 12.6. The normalized spacial score (nSPS) is 11.0. The Balaban J connectivity index is 1.78. The minimum Gasteiger partial charge on any atom is -0.505 e. The van der Waals surface area contributed by atoms with Gasteiger partial charge in [0.2, 0.25) is 5.88 Å².